The number of furan rings is 1. The van der Waals surface area contributed by atoms with Crippen LogP contribution in [0.4, 0.5) is 0 Å². The molecule has 9 aromatic rings. The van der Waals surface area contributed by atoms with E-state index in [-0.39, 0.29) is 0 Å². The Balaban J connectivity index is 1.47. The molecule has 9 rings (SSSR count). The first-order valence-corrected chi connectivity index (χ1v) is 14.8. The quantitative estimate of drug-likeness (QED) is 0.214. The fraction of sp³-hybridized carbons (Fsp3) is 0. The Labute approximate surface area is 253 Å². The van der Waals surface area contributed by atoms with Crippen molar-refractivity contribution in [1.29, 1.82) is 0 Å². The van der Waals surface area contributed by atoms with E-state index < -0.39 is 0 Å². The van der Waals surface area contributed by atoms with E-state index >= 15 is 0 Å². The third-order valence-corrected chi connectivity index (χ3v) is 8.47. The Hall–Kier alpha value is -6.00. The predicted octanol–water partition coefficient (Wildman–Crippen LogP) is 10.5. The molecule has 0 amide bonds. The molecule has 0 N–H and O–H groups in total. The van der Waals surface area contributed by atoms with Crippen molar-refractivity contribution in [3.63, 3.8) is 0 Å². The van der Waals surface area contributed by atoms with E-state index in [4.69, 9.17) is 14.4 Å². The fourth-order valence-electron chi connectivity index (χ4n) is 6.55. The number of benzene rings is 6. The third-order valence-electron chi connectivity index (χ3n) is 8.47. The second-order valence-electron chi connectivity index (χ2n) is 11.0. The van der Waals surface area contributed by atoms with Crippen LogP contribution in [0.15, 0.2) is 156 Å². The van der Waals surface area contributed by atoms with Crippen molar-refractivity contribution in [3.05, 3.63) is 152 Å². The summed E-state index contributed by atoms with van der Waals surface area (Å²) < 4.78 is 8.72. The van der Waals surface area contributed by atoms with Gasteiger partial charge in [-0.25, -0.2) is 9.97 Å². The van der Waals surface area contributed by atoms with Crippen molar-refractivity contribution in [1.82, 2.24) is 14.5 Å². The van der Waals surface area contributed by atoms with E-state index in [0.717, 1.165) is 77.4 Å². The predicted molar refractivity (Wildman–Crippen MR) is 180 cm³/mol. The molecule has 0 aliphatic rings. The molecule has 0 saturated carbocycles. The average Bonchev–Trinajstić information content (AvgIpc) is 3.65. The molecular formula is C40H25N3O. The molecule has 0 saturated heterocycles. The molecule has 0 fully saturated rings. The van der Waals surface area contributed by atoms with Gasteiger partial charge in [-0.05, 0) is 23.8 Å². The van der Waals surface area contributed by atoms with Gasteiger partial charge in [0, 0.05) is 38.2 Å². The highest BCUT2D eigenvalue weighted by molar-refractivity contribution is 6.28. The molecule has 206 valence electrons. The minimum atomic E-state index is 0.695. The maximum atomic E-state index is 6.36. The molecule has 6 aromatic carbocycles. The Morgan fingerprint density at radius 3 is 1.93 bits per heavy atom. The van der Waals surface area contributed by atoms with E-state index in [1.54, 1.807) is 0 Å². The SMILES string of the molecule is c1ccc(-c2ncc(-n3c4ccc5oc6ccccc6c5c4c4cccc(-c5ccccc5)c43)c(-c3ccccc3)n2)cc1. The standard InChI is InChI=1S/C40H25N3O/c1-4-13-26(14-5-1)29-20-12-21-31-36-32(23-24-35-37(36)30-19-10-11-22-34(30)44-35)43(39(29)31)33-25-41-40(28-17-8-3-9-18-28)42-38(33)27-15-6-2-7-16-27/h1-25H. The second kappa shape index (κ2) is 9.79. The first-order chi connectivity index (χ1) is 21.8. The van der Waals surface area contributed by atoms with Crippen molar-refractivity contribution in [3.8, 4) is 39.5 Å². The molecule has 0 atom stereocenters. The summed E-state index contributed by atoms with van der Waals surface area (Å²) in [6.07, 6.45) is 1.98. The van der Waals surface area contributed by atoms with Crippen LogP contribution in [0.3, 0.4) is 0 Å². The summed E-state index contributed by atoms with van der Waals surface area (Å²) in [6.45, 7) is 0. The van der Waals surface area contributed by atoms with Gasteiger partial charge in [0.25, 0.3) is 0 Å². The van der Waals surface area contributed by atoms with Gasteiger partial charge < -0.3 is 8.98 Å². The summed E-state index contributed by atoms with van der Waals surface area (Å²) in [5.41, 5.74) is 10.1. The minimum Gasteiger partial charge on any atom is -0.456 e. The van der Waals surface area contributed by atoms with Crippen LogP contribution in [-0.2, 0) is 0 Å². The van der Waals surface area contributed by atoms with Gasteiger partial charge in [-0.1, -0.05) is 127 Å². The molecule has 0 aliphatic heterocycles. The number of fused-ring (bicyclic) bond motifs is 7. The van der Waals surface area contributed by atoms with Gasteiger partial charge in [0.05, 0.1) is 28.6 Å². The molecule has 0 unspecified atom stereocenters. The van der Waals surface area contributed by atoms with E-state index in [1.807, 2.05) is 42.6 Å². The maximum Gasteiger partial charge on any atom is 0.159 e. The zero-order chi connectivity index (χ0) is 29.0. The first kappa shape index (κ1) is 24.6. The monoisotopic (exact) mass is 563 g/mol. The second-order valence-corrected chi connectivity index (χ2v) is 11.0. The highest BCUT2D eigenvalue weighted by atomic mass is 16.3. The van der Waals surface area contributed by atoms with Crippen molar-refractivity contribution >= 4 is 43.7 Å². The van der Waals surface area contributed by atoms with Crippen LogP contribution >= 0.6 is 0 Å². The van der Waals surface area contributed by atoms with E-state index in [1.165, 1.54) is 0 Å². The molecule has 4 nitrogen and oxygen atoms in total. The van der Waals surface area contributed by atoms with E-state index in [0.29, 0.717) is 5.82 Å². The summed E-state index contributed by atoms with van der Waals surface area (Å²) in [5.74, 6) is 0.695. The van der Waals surface area contributed by atoms with Crippen molar-refractivity contribution in [2.75, 3.05) is 0 Å². The molecule has 0 radical (unpaired) electrons. The Morgan fingerprint density at radius 2 is 1.16 bits per heavy atom. The summed E-state index contributed by atoms with van der Waals surface area (Å²) in [7, 11) is 0. The molecule has 3 heterocycles. The molecule has 44 heavy (non-hydrogen) atoms. The maximum absolute atomic E-state index is 6.36. The zero-order valence-electron chi connectivity index (χ0n) is 23.7. The number of aromatic nitrogens is 3. The van der Waals surface area contributed by atoms with E-state index in [9.17, 15) is 0 Å². The van der Waals surface area contributed by atoms with Crippen LogP contribution in [0.5, 0.6) is 0 Å². The topological polar surface area (TPSA) is 43.9 Å². The molecule has 3 aromatic heterocycles. The lowest BCUT2D eigenvalue weighted by molar-refractivity contribution is 0.669. The van der Waals surface area contributed by atoms with E-state index in [2.05, 4.69) is 114 Å². The fourth-order valence-corrected chi connectivity index (χ4v) is 6.55. The summed E-state index contributed by atoms with van der Waals surface area (Å²) in [5, 5.41) is 4.54. The third kappa shape index (κ3) is 3.71. The van der Waals surface area contributed by atoms with Gasteiger partial charge in [0.2, 0.25) is 0 Å². The van der Waals surface area contributed by atoms with Crippen LogP contribution in [0, 0.1) is 0 Å². The number of hydrogen-bond acceptors (Lipinski definition) is 3. The lowest BCUT2D eigenvalue weighted by Gasteiger charge is -2.16. The zero-order valence-corrected chi connectivity index (χ0v) is 23.7. The van der Waals surface area contributed by atoms with Gasteiger partial charge in [-0.15, -0.1) is 0 Å². The Bertz CT molecular complexity index is 2480. The van der Waals surface area contributed by atoms with Crippen LogP contribution in [-0.4, -0.2) is 14.5 Å². The van der Waals surface area contributed by atoms with Gasteiger partial charge >= 0.3 is 0 Å². The summed E-state index contributed by atoms with van der Waals surface area (Å²) in [4.78, 5) is 10.2. The van der Waals surface area contributed by atoms with Crippen molar-refractivity contribution in [2.45, 2.75) is 0 Å². The summed E-state index contributed by atoms with van der Waals surface area (Å²) >= 11 is 0. The van der Waals surface area contributed by atoms with Gasteiger partial charge in [-0.3, -0.25) is 0 Å². The number of nitrogens with zero attached hydrogens (tertiary/aromatic N) is 3. The van der Waals surface area contributed by atoms with Gasteiger partial charge in [0.1, 0.15) is 11.2 Å². The van der Waals surface area contributed by atoms with Gasteiger partial charge in [0.15, 0.2) is 5.82 Å². The van der Waals surface area contributed by atoms with Crippen LogP contribution in [0.25, 0.3) is 83.2 Å². The highest BCUT2D eigenvalue weighted by Crippen LogP contribution is 2.45. The van der Waals surface area contributed by atoms with Crippen LogP contribution < -0.4 is 0 Å². The molecular weight excluding hydrogens is 538 g/mol. The molecule has 0 aliphatic carbocycles. The van der Waals surface area contributed by atoms with Crippen LogP contribution in [0.2, 0.25) is 0 Å². The molecule has 4 heteroatoms. The molecule has 0 spiro atoms. The molecule has 0 bridgehead atoms. The lowest BCUT2D eigenvalue weighted by Crippen LogP contribution is -2.03. The Kier molecular flexibility index (Phi) is 5.47. The largest absolute Gasteiger partial charge is 0.456 e. The van der Waals surface area contributed by atoms with Crippen molar-refractivity contribution in [2.24, 2.45) is 0 Å². The average molecular weight is 564 g/mol. The minimum absolute atomic E-state index is 0.695. The first-order valence-electron chi connectivity index (χ1n) is 14.8. The number of rotatable bonds is 4. The summed E-state index contributed by atoms with van der Waals surface area (Å²) in [6, 6.07) is 50.3. The number of hydrogen-bond donors (Lipinski definition) is 0. The lowest BCUT2D eigenvalue weighted by atomic mass is 10.0. The highest BCUT2D eigenvalue weighted by Gasteiger charge is 2.23. The number of para-hydroxylation sites is 2. The van der Waals surface area contributed by atoms with Crippen LogP contribution in [0.1, 0.15) is 0 Å². The normalized spacial score (nSPS) is 11.6. The van der Waals surface area contributed by atoms with Gasteiger partial charge in [-0.2, -0.15) is 0 Å². The smallest absolute Gasteiger partial charge is 0.159 e. The Morgan fingerprint density at radius 1 is 0.500 bits per heavy atom. The van der Waals surface area contributed by atoms with Crippen molar-refractivity contribution < 1.29 is 4.42 Å².